The Hall–Kier alpha value is -1.36. The number of rotatable bonds is 6. The van der Waals surface area contributed by atoms with Crippen LogP contribution in [0, 0.1) is 0 Å². The Kier molecular flexibility index (Phi) is 4.83. The number of aromatic nitrogens is 2. The zero-order chi connectivity index (χ0) is 11.1. The molecule has 1 aromatic heterocycles. The van der Waals surface area contributed by atoms with Crippen molar-refractivity contribution in [3.63, 3.8) is 0 Å². The average molecular weight is 210 g/mol. The maximum absolute atomic E-state index is 5.04. The second-order valence-corrected chi connectivity index (χ2v) is 3.28. The van der Waals surface area contributed by atoms with Gasteiger partial charge in [-0.2, -0.15) is 4.98 Å². The number of nitrogens with zero attached hydrogens (tertiary/aromatic N) is 3. The van der Waals surface area contributed by atoms with E-state index in [2.05, 4.69) is 15.3 Å². The first kappa shape index (κ1) is 11.7. The molecule has 0 radical (unpaired) electrons. The molecule has 1 heterocycles. The number of hydrogen-bond acceptors (Lipinski definition) is 5. The van der Waals surface area contributed by atoms with E-state index in [0.29, 0.717) is 11.8 Å². The second kappa shape index (κ2) is 6.19. The van der Waals surface area contributed by atoms with E-state index >= 15 is 0 Å². The molecule has 1 rings (SSSR count). The van der Waals surface area contributed by atoms with Crippen LogP contribution in [0.3, 0.4) is 0 Å². The van der Waals surface area contributed by atoms with Crippen molar-refractivity contribution in [3.8, 4) is 5.88 Å². The lowest BCUT2D eigenvalue weighted by molar-refractivity contribution is 0.397. The molecule has 0 aliphatic heterocycles. The molecule has 5 heteroatoms. The smallest absolute Gasteiger partial charge is 0.228 e. The first-order chi connectivity index (χ1) is 7.27. The topological polar surface area (TPSA) is 50.3 Å². The molecule has 0 fully saturated rings. The van der Waals surface area contributed by atoms with Gasteiger partial charge in [0.15, 0.2) is 0 Å². The maximum Gasteiger partial charge on any atom is 0.228 e. The van der Waals surface area contributed by atoms with Crippen molar-refractivity contribution in [1.29, 1.82) is 0 Å². The summed E-state index contributed by atoms with van der Waals surface area (Å²) in [5.74, 6) is 1.30. The number of ether oxygens (including phenoxy) is 1. The van der Waals surface area contributed by atoms with Gasteiger partial charge in [0.25, 0.3) is 0 Å². The van der Waals surface area contributed by atoms with E-state index in [0.717, 1.165) is 19.5 Å². The molecular formula is C10H18N4O. The molecule has 0 aliphatic rings. The van der Waals surface area contributed by atoms with Crippen LogP contribution < -0.4 is 15.0 Å². The minimum absolute atomic E-state index is 0.598. The molecule has 15 heavy (non-hydrogen) atoms. The molecule has 0 aromatic carbocycles. The van der Waals surface area contributed by atoms with Crippen LogP contribution in [-0.4, -0.2) is 44.3 Å². The fraction of sp³-hybridized carbons (Fsp3) is 0.600. The zero-order valence-corrected chi connectivity index (χ0v) is 9.53. The number of nitrogens with one attached hydrogen (secondary N) is 1. The quantitative estimate of drug-likeness (QED) is 0.694. The normalized spacial score (nSPS) is 10.1. The molecule has 5 nitrogen and oxygen atoms in total. The zero-order valence-electron chi connectivity index (χ0n) is 9.53. The molecule has 0 bridgehead atoms. The Bertz CT molecular complexity index is 293. The highest BCUT2D eigenvalue weighted by atomic mass is 16.5. The predicted molar refractivity (Wildman–Crippen MR) is 60.4 cm³/mol. The summed E-state index contributed by atoms with van der Waals surface area (Å²) in [6.45, 7) is 1.92. The highest BCUT2D eigenvalue weighted by molar-refractivity contribution is 5.30. The van der Waals surface area contributed by atoms with E-state index in [1.54, 1.807) is 19.4 Å². The first-order valence-electron chi connectivity index (χ1n) is 5.00. The Balaban J connectivity index is 2.52. The monoisotopic (exact) mass is 210 g/mol. The molecule has 84 valence electrons. The Labute approximate surface area is 90.5 Å². The summed E-state index contributed by atoms with van der Waals surface area (Å²) in [7, 11) is 5.53. The summed E-state index contributed by atoms with van der Waals surface area (Å²) >= 11 is 0. The van der Waals surface area contributed by atoms with Crippen molar-refractivity contribution in [2.75, 3.05) is 39.2 Å². The van der Waals surface area contributed by atoms with Crippen LogP contribution in [0.15, 0.2) is 12.3 Å². The van der Waals surface area contributed by atoms with Crippen molar-refractivity contribution >= 4 is 5.95 Å². The number of anilines is 1. The standard InChI is InChI=1S/C10H18N4O/c1-11-6-4-8-14(2)10-12-7-5-9(13-10)15-3/h5,7,11H,4,6,8H2,1-3H3. The molecule has 0 saturated carbocycles. The van der Waals surface area contributed by atoms with Crippen molar-refractivity contribution < 1.29 is 4.74 Å². The lowest BCUT2D eigenvalue weighted by Gasteiger charge is -2.16. The van der Waals surface area contributed by atoms with E-state index in [1.807, 2.05) is 19.0 Å². The minimum Gasteiger partial charge on any atom is -0.481 e. The lowest BCUT2D eigenvalue weighted by atomic mass is 10.4. The first-order valence-corrected chi connectivity index (χ1v) is 5.00. The molecule has 0 atom stereocenters. The van der Waals surface area contributed by atoms with Crippen LogP contribution in [0.1, 0.15) is 6.42 Å². The van der Waals surface area contributed by atoms with Gasteiger partial charge in [-0.3, -0.25) is 0 Å². The number of methoxy groups -OCH3 is 1. The second-order valence-electron chi connectivity index (χ2n) is 3.28. The van der Waals surface area contributed by atoms with Crippen LogP contribution in [0.25, 0.3) is 0 Å². The molecule has 0 spiro atoms. The van der Waals surface area contributed by atoms with E-state index in [-0.39, 0.29) is 0 Å². The van der Waals surface area contributed by atoms with Crippen molar-refractivity contribution in [1.82, 2.24) is 15.3 Å². The Morgan fingerprint density at radius 1 is 1.53 bits per heavy atom. The van der Waals surface area contributed by atoms with Gasteiger partial charge >= 0.3 is 0 Å². The van der Waals surface area contributed by atoms with Gasteiger partial charge in [-0.25, -0.2) is 4.98 Å². The highest BCUT2D eigenvalue weighted by Crippen LogP contribution is 2.10. The molecule has 0 amide bonds. The lowest BCUT2D eigenvalue weighted by Crippen LogP contribution is -2.24. The largest absolute Gasteiger partial charge is 0.481 e. The van der Waals surface area contributed by atoms with Crippen LogP contribution >= 0.6 is 0 Å². The van der Waals surface area contributed by atoms with Gasteiger partial charge in [0, 0.05) is 25.9 Å². The van der Waals surface area contributed by atoms with Gasteiger partial charge in [-0.15, -0.1) is 0 Å². The van der Waals surface area contributed by atoms with Gasteiger partial charge < -0.3 is 15.0 Å². The molecular weight excluding hydrogens is 192 g/mol. The molecule has 0 saturated heterocycles. The summed E-state index contributed by atoms with van der Waals surface area (Å²) in [4.78, 5) is 10.4. The summed E-state index contributed by atoms with van der Waals surface area (Å²) < 4.78 is 5.04. The van der Waals surface area contributed by atoms with Crippen LogP contribution in [0.2, 0.25) is 0 Å². The Morgan fingerprint density at radius 2 is 2.33 bits per heavy atom. The summed E-state index contributed by atoms with van der Waals surface area (Å²) in [6.07, 6.45) is 2.77. The fourth-order valence-corrected chi connectivity index (χ4v) is 1.22. The van der Waals surface area contributed by atoms with Crippen LogP contribution in [-0.2, 0) is 0 Å². The van der Waals surface area contributed by atoms with Crippen molar-refractivity contribution in [3.05, 3.63) is 12.3 Å². The van der Waals surface area contributed by atoms with Gasteiger partial charge in [0.05, 0.1) is 7.11 Å². The third kappa shape index (κ3) is 3.71. The van der Waals surface area contributed by atoms with Crippen LogP contribution in [0.5, 0.6) is 5.88 Å². The fourth-order valence-electron chi connectivity index (χ4n) is 1.22. The molecule has 0 unspecified atom stereocenters. The summed E-state index contributed by atoms with van der Waals surface area (Å²) in [5.41, 5.74) is 0. The van der Waals surface area contributed by atoms with Crippen molar-refractivity contribution in [2.45, 2.75) is 6.42 Å². The van der Waals surface area contributed by atoms with Crippen molar-refractivity contribution in [2.24, 2.45) is 0 Å². The van der Waals surface area contributed by atoms with E-state index in [1.165, 1.54) is 0 Å². The third-order valence-corrected chi connectivity index (χ3v) is 2.09. The summed E-state index contributed by atoms with van der Waals surface area (Å²) in [6, 6.07) is 1.74. The summed E-state index contributed by atoms with van der Waals surface area (Å²) in [5, 5.41) is 3.10. The number of hydrogen-bond donors (Lipinski definition) is 1. The minimum atomic E-state index is 0.598. The molecule has 0 aliphatic carbocycles. The average Bonchev–Trinajstić information content (AvgIpc) is 2.29. The van der Waals surface area contributed by atoms with Crippen LogP contribution in [0.4, 0.5) is 5.95 Å². The van der Waals surface area contributed by atoms with Gasteiger partial charge in [-0.05, 0) is 20.0 Å². The van der Waals surface area contributed by atoms with E-state index < -0.39 is 0 Å². The highest BCUT2D eigenvalue weighted by Gasteiger charge is 2.04. The van der Waals surface area contributed by atoms with E-state index in [4.69, 9.17) is 4.74 Å². The maximum atomic E-state index is 5.04. The van der Waals surface area contributed by atoms with Gasteiger partial charge in [0.2, 0.25) is 11.8 Å². The SMILES string of the molecule is CNCCCN(C)c1nccc(OC)n1. The third-order valence-electron chi connectivity index (χ3n) is 2.09. The Morgan fingerprint density at radius 3 is 3.00 bits per heavy atom. The molecule has 1 aromatic rings. The van der Waals surface area contributed by atoms with Gasteiger partial charge in [0.1, 0.15) is 0 Å². The van der Waals surface area contributed by atoms with Gasteiger partial charge in [-0.1, -0.05) is 0 Å². The predicted octanol–water partition coefficient (Wildman–Crippen LogP) is 0.531. The van der Waals surface area contributed by atoms with E-state index in [9.17, 15) is 0 Å². The molecule has 1 N–H and O–H groups in total.